The molecule has 1 unspecified atom stereocenters. The van der Waals surface area contributed by atoms with Gasteiger partial charge in [0.2, 0.25) is 0 Å². The summed E-state index contributed by atoms with van der Waals surface area (Å²) in [5.74, 6) is 2.59. The average molecular weight is 273 g/mol. The minimum absolute atomic E-state index is 0.270. The van der Waals surface area contributed by atoms with Crippen LogP contribution in [0.3, 0.4) is 0 Å². The van der Waals surface area contributed by atoms with E-state index in [-0.39, 0.29) is 5.92 Å². The van der Waals surface area contributed by atoms with Crippen LogP contribution >= 0.6 is 0 Å². The normalized spacial score (nSPS) is 12.7. The average Bonchev–Trinajstić information content (AvgIpc) is 2.90. The van der Waals surface area contributed by atoms with Crippen molar-refractivity contribution in [2.45, 2.75) is 26.7 Å². The number of H-pyrrole nitrogens is 1. The van der Waals surface area contributed by atoms with Gasteiger partial charge in [0.05, 0.1) is 18.5 Å². The molecule has 0 aliphatic rings. The zero-order valence-electron chi connectivity index (χ0n) is 12.4. The van der Waals surface area contributed by atoms with E-state index in [0.29, 0.717) is 19.1 Å². The number of hydrogen-bond donors (Lipinski definition) is 2. The van der Waals surface area contributed by atoms with Crippen LogP contribution in [-0.2, 0) is 0 Å². The van der Waals surface area contributed by atoms with Gasteiger partial charge in [-0.05, 0) is 42.7 Å². The maximum Gasteiger partial charge on any atom is 0.119 e. The Balaban J connectivity index is 2.19. The molecule has 0 radical (unpaired) electrons. The van der Waals surface area contributed by atoms with Crippen LogP contribution in [0.5, 0.6) is 5.75 Å². The third kappa shape index (κ3) is 3.20. The molecule has 2 rings (SSSR count). The number of imidazole rings is 1. The summed E-state index contributed by atoms with van der Waals surface area (Å²) in [6, 6.07) is 8.02. The summed E-state index contributed by atoms with van der Waals surface area (Å²) in [4.78, 5) is 7.86. The first-order valence-corrected chi connectivity index (χ1v) is 7.13. The first kappa shape index (κ1) is 14.6. The van der Waals surface area contributed by atoms with Gasteiger partial charge in [-0.15, -0.1) is 0 Å². The van der Waals surface area contributed by atoms with Crippen LogP contribution in [0.1, 0.15) is 32.5 Å². The van der Waals surface area contributed by atoms with E-state index in [1.165, 1.54) is 0 Å². The van der Waals surface area contributed by atoms with E-state index in [4.69, 9.17) is 10.5 Å². The summed E-state index contributed by atoms with van der Waals surface area (Å²) in [7, 11) is 0. The van der Waals surface area contributed by atoms with Crippen molar-refractivity contribution in [2.75, 3.05) is 13.2 Å². The Bertz CT molecular complexity index is 531. The van der Waals surface area contributed by atoms with E-state index in [1.54, 1.807) is 0 Å². The van der Waals surface area contributed by atoms with Crippen molar-refractivity contribution in [3.63, 3.8) is 0 Å². The number of nitrogens with one attached hydrogen (secondary N) is 1. The number of nitrogens with two attached hydrogens (primary N) is 1. The molecule has 0 saturated heterocycles. The monoisotopic (exact) mass is 273 g/mol. The molecule has 1 aromatic heterocycles. The van der Waals surface area contributed by atoms with Crippen molar-refractivity contribution in [3.8, 4) is 17.0 Å². The third-order valence-corrected chi connectivity index (χ3v) is 3.48. The molecule has 0 fully saturated rings. The van der Waals surface area contributed by atoms with Crippen LogP contribution in [0.25, 0.3) is 11.3 Å². The van der Waals surface area contributed by atoms with Gasteiger partial charge in [0.15, 0.2) is 0 Å². The van der Waals surface area contributed by atoms with Gasteiger partial charge in [0.1, 0.15) is 11.6 Å². The van der Waals surface area contributed by atoms with E-state index in [0.717, 1.165) is 22.8 Å². The van der Waals surface area contributed by atoms with Crippen molar-refractivity contribution in [1.29, 1.82) is 0 Å². The molecule has 3 N–H and O–H groups in total. The Morgan fingerprint density at radius 1 is 1.25 bits per heavy atom. The zero-order valence-corrected chi connectivity index (χ0v) is 12.4. The highest BCUT2D eigenvalue weighted by atomic mass is 16.5. The van der Waals surface area contributed by atoms with Crippen LogP contribution in [0.4, 0.5) is 0 Å². The Hall–Kier alpha value is -1.81. The number of aromatic nitrogens is 2. The van der Waals surface area contributed by atoms with Crippen LogP contribution in [-0.4, -0.2) is 23.1 Å². The van der Waals surface area contributed by atoms with Gasteiger partial charge in [-0.1, -0.05) is 13.8 Å². The fourth-order valence-electron chi connectivity index (χ4n) is 2.27. The molecule has 0 aliphatic carbocycles. The summed E-state index contributed by atoms with van der Waals surface area (Å²) < 4.78 is 5.45. The molecule has 20 heavy (non-hydrogen) atoms. The molecule has 0 aliphatic heterocycles. The Kier molecular flexibility index (Phi) is 4.79. The smallest absolute Gasteiger partial charge is 0.119 e. The van der Waals surface area contributed by atoms with Gasteiger partial charge in [-0.2, -0.15) is 0 Å². The summed E-state index contributed by atoms with van der Waals surface area (Å²) in [6.07, 6.45) is 1.87. The first-order valence-electron chi connectivity index (χ1n) is 7.13. The van der Waals surface area contributed by atoms with Crippen molar-refractivity contribution in [2.24, 2.45) is 11.7 Å². The van der Waals surface area contributed by atoms with Crippen molar-refractivity contribution >= 4 is 0 Å². The Morgan fingerprint density at radius 2 is 1.95 bits per heavy atom. The largest absolute Gasteiger partial charge is 0.494 e. The van der Waals surface area contributed by atoms with E-state index < -0.39 is 0 Å². The molecule has 0 spiro atoms. The Morgan fingerprint density at radius 3 is 2.50 bits per heavy atom. The number of rotatable bonds is 6. The highest BCUT2D eigenvalue weighted by Gasteiger charge is 2.17. The molecular weight excluding hydrogens is 250 g/mol. The molecule has 108 valence electrons. The lowest BCUT2D eigenvalue weighted by Crippen LogP contribution is -2.19. The van der Waals surface area contributed by atoms with Gasteiger partial charge in [-0.3, -0.25) is 0 Å². The number of ether oxygens (including phenoxy) is 1. The van der Waals surface area contributed by atoms with E-state index >= 15 is 0 Å². The Labute approximate surface area is 120 Å². The molecule has 4 heteroatoms. The fourth-order valence-corrected chi connectivity index (χ4v) is 2.27. The summed E-state index contributed by atoms with van der Waals surface area (Å²) in [5, 5.41) is 0. The van der Waals surface area contributed by atoms with Gasteiger partial charge < -0.3 is 15.5 Å². The van der Waals surface area contributed by atoms with Crippen molar-refractivity contribution < 1.29 is 4.74 Å². The van der Waals surface area contributed by atoms with Crippen LogP contribution < -0.4 is 10.5 Å². The van der Waals surface area contributed by atoms with Crippen LogP contribution in [0.15, 0.2) is 30.5 Å². The third-order valence-electron chi connectivity index (χ3n) is 3.48. The molecule has 1 atom stereocenters. The maximum absolute atomic E-state index is 5.83. The zero-order chi connectivity index (χ0) is 14.5. The predicted molar refractivity (Wildman–Crippen MR) is 81.8 cm³/mol. The molecule has 2 aromatic rings. The minimum Gasteiger partial charge on any atom is -0.494 e. The lowest BCUT2D eigenvalue weighted by molar-refractivity contribution is 0.340. The number of nitrogens with zero attached hydrogens (tertiary/aromatic N) is 1. The predicted octanol–water partition coefficient (Wildman–Crippen LogP) is 3.17. The maximum atomic E-state index is 5.83. The summed E-state index contributed by atoms with van der Waals surface area (Å²) in [5.41, 5.74) is 7.95. The molecular formula is C16H23N3O. The van der Waals surface area contributed by atoms with E-state index in [2.05, 4.69) is 23.8 Å². The van der Waals surface area contributed by atoms with Gasteiger partial charge in [0, 0.05) is 12.5 Å². The highest BCUT2D eigenvalue weighted by molar-refractivity contribution is 5.59. The molecule has 0 bridgehead atoms. The van der Waals surface area contributed by atoms with Gasteiger partial charge >= 0.3 is 0 Å². The number of aromatic amines is 1. The lowest BCUT2D eigenvalue weighted by Gasteiger charge is -2.15. The molecule has 0 saturated carbocycles. The quantitative estimate of drug-likeness (QED) is 0.849. The second-order valence-corrected chi connectivity index (χ2v) is 5.23. The van der Waals surface area contributed by atoms with Crippen LogP contribution in [0, 0.1) is 5.92 Å². The highest BCUT2D eigenvalue weighted by Crippen LogP contribution is 2.25. The first-order chi connectivity index (χ1) is 9.65. The molecule has 1 heterocycles. The van der Waals surface area contributed by atoms with Crippen molar-refractivity contribution in [3.05, 3.63) is 36.3 Å². The minimum atomic E-state index is 0.270. The topological polar surface area (TPSA) is 63.9 Å². The number of benzene rings is 1. The molecule has 0 amide bonds. The number of hydrogen-bond acceptors (Lipinski definition) is 3. The van der Waals surface area contributed by atoms with E-state index in [9.17, 15) is 0 Å². The summed E-state index contributed by atoms with van der Waals surface area (Å²) >= 11 is 0. The van der Waals surface area contributed by atoms with Gasteiger partial charge in [0.25, 0.3) is 0 Å². The van der Waals surface area contributed by atoms with E-state index in [1.807, 2.05) is 37.4 Å². The van der Waals surface area contributed by atoms with Gasteiger partial charge in [-0.25, -0.2) is 4.98 Å². The fraction of sp³-hybridized carbons (Fsp3) is 0.438. The lowest BCUT2D eigenvalue weighted by atomic mass is 9.95. The standard InChI is InChI=1S/C16H23N3O/c1-4-20-13-7-5-12(6-8-13)15-10-18-16(19-15)14(9-17)11(2)3/h5-8,10-11,14H,4,9,17H2,1-3H3,(H,18,19). The SMILES string of the molecule is CCOc1ccc(-c2cnc(C(CN)C(C)C)[nH]2)cc1. The second-order valence-electron chi connectivity index (χ2n) is 5.23. The molecule has 1 aromatic carbocycles. The van der Waals surface area contributed by atoms with Crippen LogP contribution in [0.2, 0.25) is 0 Å². The van der Waals surface area contributed by atoms with Crippen molar-refractivity contribution in [1.82, 2.24) is 9.97 Å². The summed E-state index contributed by atoms with van der Waals surface area (Å²) in [6.45, 7) is 7.59. The second kappa shape index (κ2) is 6.57. The molecule has 4 nitrogen and oxygen atoms in total.